The maximum atomic E-state index is 11.8. The minimum atomic E-state index is -1.46. The lowest BCUT2D eigenvalue weighted by atomic mass is 9.47. The largest absolute Gasteiger partial charge is 0.481 e. The van der Waals surface area contributed by atoms with E-state index in [0.717, 1.165) is 0 Å². The van der Waals surface area contributed by atoms with Gasteiger partial charge in [-0.25, -0.2) is 0 Å². The molecule has 0 aliphatic heterocycles. The molecule has 0 bridgehead atoms. The Balaban J connectivity index is 3.47. The summed E-state index contributed by atoms with van der Waals surface area (Å²) in [5.74, 6) is -2.25. The number of carboxylic acids is 2. The van der Waals surface area contributed by atoms with Crippen LogP contribution in [0.1, 0.15) is 47.0 Å². The first-order chi connectivity index (χ1) is 7.99. The van der Waals surface area contributed by atoms with Gasteiger partial charge in [0.1, 0.15) is 0 Å². The lowest BCUT2D eigenvalue weighted by Gasteiger charge is -2.54. The van der Waals surface area contributed by atoms with Crippen LogP contribution in [0.4, 0.5) is 0 Å². The molecular weight excluding hydrogens is 236 g/mol. The molecule has 0 aromatic carbocycles. The molecule has 0 saturated heterocycles. The molecule has 0 spiro atoms. The topological polar surface area (TPSA) is 94.8 Å². The zero-order chi connectivity index (χ0) is 14.4. The van der Waals surface area contributed by atoms with Crippen molar-refractivity contribution in [2.75, 3.05) is 0 Å². The van der Waals surface area contributed by atoms with Crippen LogP contribution < -0.4 is 0 Å². The fourth-order valence-corrected chi connectivity index (χ4v) is 3.54. The lowest BCUT2D eigenvalue weighted by molar-refractivity contribution is -0.198. The van der Waals surface area contributed by atoms with Crippen LogP contribution >= 0.6 is 0 Å². The Morgan fingerprint density at radius 3 is 2.00 bits per heavy atom. The average molecular weight is 258 g/mol. The minimum Gasteiger partial charge on any atom is -0.481 e. The number of carbonyl (C=O) groups is 2. The van der Waals surface area contributed by atoms with Gasteiger partial charge in [0, 0.05) is 0 Å². The van der Waals surface area contributed by atoms with Crippen molar-refractivity contribution in [3.63, 3.8) is 0 Å². The van der Waals surface area contributed by atoms with E-state index in [1.807, 2.05) is 0 Å². The maximum absolute atomic E-state index is 11.8. The summed E-state index contributed by atoms with van der Waals surface area (Å²) >= 11 is 0. The molecule has 0 aromatic rings. The number of carboxylic acid groups (broad SMARTS) is 2. The Labute approximate surface area is 107 Å². The highest BCUT2D eigenvalue weighted by Gasteiger charge is 2.66. The molecule has 5 nitrogen and oxygen atoms in total. The van der Waals surface area contributed by atoms with Crippen molar-refractivity contribution in [1.82, 2.24) is 0 Å². The van der Waals surface area contributed by atoms with Gasteiger partial charge in [0.15, 0.2) is 0 Å². The monoisotopic (exact) mass is 258 g/mol. The second kappa shape index (κ2) is 4.23. The third kappa shape index (κ3) is 1.81. The Morgan fingerprint density at radius 1 is 1.17 bits per heavy atom. The van der Waals surface area contributed by atoms with Gasteiger partial charge in [-0.15, -0.1) is 0 Å². The average Bonchev–Trinajstić information content (AvgIpc) is 2.14. The van der Waals surface area contributed by atoms with Crippen molar-refractivity contribution in [2.45, 2.75) is 53.1 Å². The van der Waals surface area contributed by atoms with Crippen LogP contribution in [0.15, 0.2) is 0 Å². The Morgan fingerprint density at radius 2 is 1.67 bits per heavy atom. The molecule has 0 amide bonds. The van der Waals surface area contributed by atoms with Crippen molar-refractivity contribution >= 4 is 11.9 Å². The van der Waals surface area contributed by atoms with E-state index in [4.69, 9.17) is 0 Å². The molecule has 1 aliphatic carbocycles. The number of hydrogen-bond donors (Lipinski definition) is 3. The molecule has 0 unspecified atom stereocenters. The molecule has 1 fully saturated rings. The van der Waals surface area contributed by atoms with E-state index >= 15 is 0 Å². The summed E-state index contributed by atoms with van der Waals surface area (Å²) in [5, 5.41) is 28.9. The van der Waals surface area contributed by atoms with E-state index < -0.39 is 34.3 Å². The van der Waals surface area contributed by atoms with Crippen molar-refractivity contribution < 1.29 is 24.9 Å². The first-order valence-corrected chi connectivity index (χ1v) is 6.14. The van der Waals surface area contributed by atoms with E-state index in [1.54, 1.807) is 20.8 Å². The molecule has 5 heteroatoms. The van der Waals surface area contributed by atoms with Crippen molar-refractivity contribution in [3.05, 3.63) is 0 Å². The fraction of sp³-hybridized carbons (Fsp3) is 0.846. The molecule has 1 saturated carbocycles. The second-order valence-electron chi connectivity index (χ2n) is 6.49. The number of rotatable bonds is 2. The van der Waals surface area contributed by atoms with Gasteiger partial charge in [-0.05, 0) is 31.6 Å². The van der Waals surface area contributed by atoms with E-state index in [0.29, 0.717) is 6.42 Å². The molecule has 0 aromatic heterocycles. The number of aliphatic hydroxyl groups excluding tert-OH is 1. The van der Waals surface area contributed by atoms with E-state index in [-0.39, 0.29) is 12.8 Å². The van der Waals surface area contributed by atoms with Crippen LogP contribution in [-0.4, -0.2) is 33.4 Å². The van der Waals surface area contributed by atoms with Gasteiger partial charge in [0.05, 0.1) is 16.9 Å². The van der Waals surface area contributed by atoms with Gasteiger partial charge in [-0.2, -0.15) is 0 Å². The molecule has 0 heterocycles. The summed E-state index contributed by atoms with van der Waals surface area (Å²) in [5.41, 5.74) is -3.54. The predicted molar refractivity (Wildman–Crippen MR) is 65.1 cm³/mol. The van der Waals surface area contributed by atoms with Crippen molar-refractivity contribution in [2.24, 2.45) is 16.2 Å². The smallest absolute Gasteiger partial charge is 0.311 e. The first-order valence-electron chi connectivity index (χ1n) is 6.14. The van der Waals surface area contributed by atoms with Crippen LogP contribution in [-0.2, 0) is 9.59 Å². The molecule has 3 atom stereocenters. The van der Waals surface area contributed by atoms with Crippen LogP contribution in [0, 0.1) is 16.2 Å². The third-order valence-electron chi connectivity index (χ3n) is 4.56. The van der Waals surface area contributed by atoms with Crippen LogP contribution in [0.25, 0.3) is 0 Å². The Hall–Kier alpha value is -1.10. The number of aliphatic hydroxyl groups is 1. The summed E-state index contributed by atoms with van der Waals surface area (Å²) in [6.45, 7) is 6.69. The maximum Gasteiger partial charge on any atom is 0.311 e. The third-order valence-corrected chi connectivity index (χ3v) is 4.56. The zero-order valence-electron chi connectivity index (χ0n) is 11.4. The standard InChI is InChI=1S/C13H22O5/c1-11(2,3)13(10(17)18)6-5-8(14)7-12(13,4)9(15)16/h8,14H,5-7H2,1-4H3,(H,15,16)(H,17,18)/t8-,12+,13+/m0/s1. The Kier molecular flexibility index (Phi) is 3.51. The van der Waals surface area contributed by atoms with Crippen LogP contribution in [0.5, 0.6) is 0 Å². The summed E-state index contributed by atoms with van der Waals surface area (Å²) in [4.78, 5) is 23.4. The Bertz CT molecular complexity index is 370. The highest BCUT2D eigenvalue weighted by molar-refractivity contribution is 5.87. The molecule has 3 N–H and O–H groups in total. The quantitative estimate of drug-likeness (QED) is 0.701. The molecule has 1 rings (SSSR count). The van der Waals surface area contributed by atoms with E-state index in [9.17, 15) is 24.9 Å². The summed E-state index contributed by atoms with van der Waals surface area (Å²) in [6, 6.07) is 0. The van der Waals surface area contributed by atoms with Gasteiger partial charge >= 0.3 is 11.9 Å². The van der Waals surface area contributed by atoms with E-state index in [1.165, 1.54) is 6.92 Å². The SMILES string of the molecule is CC(C)(C)[C@]1(C(=O)O)CC[C@H](O)C[C@]1(C)C(=O)O. The molecular formula is C13H22O5. The minimum absolute atomic E-state index is 0.0219. The molecule has 104 valence electrons. The molecule has 0 radical (unpaired) electrons. The van der Waals surface area contributed by atoms with Gasteiger partial charge in [0.2, 0.25) is 0 Å². The highest BCUT2D eigenvalue weighted by Crippen LogP contribution is 2.60. The predicted octanol–water partition coefficient (Wildman–Crippen LogP) is 1.74. The van der Waals surface area contributed by atoms with Gasteiger partial charge in [0.25, 0.3) is 0 Å². The van der Waals surface area contributed by atoms with Crippen LogP contribution in [0.2, 0.25) is 0 Å². The summed E-state index contributed by atoms with van der Waals surface area (Å²) < 4.78 is 0. The number of aliphatic carboxylic acids is 2. The zero-order valence-corrected chi connectivity index (χ0v) is 11.4. The van der Waals surface area contributed by atoms with Crippen molar-refractivity contribution in [1.29, 1.82) is 0 Å². The van der Waals surface area contributed by atoms with Gasteiger partial charge < -0.3 is 15.3 Å². The first kappa shape index (κ1) is 15.0. The molecule has 18 heavy (non-hydrogen) atoms. The van der Waals surface area contributed by atoms with Gasteiger partial charge in [-0.3, -0.25) is 9.59 Å². The molecule has 1 aliphatic rings. The van der Waals surface area contributed by atoms with E-state index in [2.05, 4.69) is 0 Å². The van der Waals surface area contributed by atoms with Gasteiger partial charge in [-0.1, -0.05) is 20.8 Å². The van der Waals surface area contributed by atoms with Crippen LogP contribution in [0.3, 0.4) is 0 Å². The summed E-state index contributed by atoms with van der Waals surface area (Å²) in [6.07, 6.45) is -0.269. The normalized spacial score (nSPS) is 37.3. The van der Waals surface area contributed by atoms with Crippen molar-refractivity contribution in [3.8, 4) is 0 Å². The lowest BCUT2D eigenvalue weighted by Crippen LogP contribution is -2.61. The highest BCUT2D eigenvalue weighted by atomic mass is 16.4. The second-order valence-corrected chi connectivity index (χ2v) is 6.49. The summed E-state index contributed by atoms with van der Waals surface area (Å²) in [7, 11) is 0. The fourth-order valence-electron chi connectivity index (χ4n) is 3.54. The number of hydrogen-bond acceptors (Lipinski definition) is 3.